The summed E-state index contributed by atoms with van der Waals surface area (Å²) in [6.45, 7) is 1.90. The van der Waals surface area contributed by atoms with Crippen LogP contribution in [0.3, 0.4) is 0 Å². The fraction of sp³-hybridized carbons (Fsp3) is 0.125. The predicted molar refractivity (Wildman–Crippen MR) is 72.0 cm³/mol. The average Bonchev–Trinajstić information content (AvgIpc) is 2.74. The molecular formula is C16H14INO2. The number of halogens is 1. The van der Waals surface area contributed by atoms with Crippen LogP contribution in [0.15, 0.2) is 52.9 Å². The number of fused-ring (bicyclic) bond motifs is 1. The molecule has 20 heavy (non-hydrogen) atoms. The van der Waals surface area contributed by atoms with Crippen molar-refractivity contribution < 1.29 is 37.8 Å². The second kappa shape index (κ2) is 5.75. The van der Waals surface area contributed by atoms with Crippen molar-refractivity contribution >= 4 is 16.9 Å². The molecule has 0 unspecified atom stereocenters. The Balaban J connectivity index is 0.00000147. The van der Waals surface area contributed by atoms with Crippen LogP contribution in [-0.2, 0) is 7.05 Å². The highest BCUT2D eigenvalue weighted by atomic mass is 127. The molecule has 0 saturated carbocycles. The first-order chi connectivity index (χ1) is 9.16. The molecule has 0 atom stereocenters. The smallest absolute Gasteiger partial charge is 0.344 e. The largest absolute Gasteiger partial charge is 1.00 e. The Morgan fingerprint density at radius 2 is 1.75 bits per heavy atom. The zero-order valence-corrected chi connectivity index (χ0v) is 13.4. The normalized spacial score (nSPS) is 10.3. The quantitative estimate of drug-likeness (QED) is 0.351. The van der Waals surface area contributed by atoms with E-state index in [1.807, 2.05) is 61.0 Å². The highest BCUT2D eigenvalue weighted by Crippen LogP contribution is 2.17. The second-order valence-corrected chi connectivity index (χ2v) is 4.56. The Morgan fingerprint density at radius 3 is 2.45 bits per heavy atom. The number of ketones is 1. The molecule has 3 nitrogen and oxygen atoms in total. The number of hydrogen-bond donors (Lipinski definition) is 0. The third kappa shape index (κ3) is 2.47. The molecular weight excluding hydrogens is 365 g/mol. The molecule has 3 rings (SSSR count). The van der Waals surface area contributed by atoms with Gasteiger partial charge in [-0.25, -0.2) is 0 Å². The topological polar surface area (TPSA) is 34.1 Å². The number of oxazole rings is 1. The number of rotatable bonds is 2. The lowest BCUT2D eigenvalue weighted by atomic mass is 10.0. The Morgan fingerprint density at radius 1 is 1.05 bits per heavy atom. The molecule has 0 saturated heterocycles. The minimum absolute atomic E-state index is 0. The SMILES string of the molecule is Cc1oc2ccc(C(=O)c3ccccc3)cc2[n+]1C.[I-]. The van der Waals surface area contributed by atoms with E-state index in [0.717, 1.165) is 17.0 Å². The molecule has 1 heterocycles. The van der Waals surface area contributed by atoms with Crippen LogP contribution in [0.25, 0.3) is 11.1 Å². The van der Waals surface area contributed by atoms with Gasteiger partial charge in [0.2, 0.25) is 5.58 Å². The van der Waals surface area contributed by atoms with E-state index in [2.05, 4.69) is 0 Å². The first kappa shape index (κ1) is 14.7. The van der Waals surface area contributed by atoms with Gasteiger partial charge in [-0.05, 0) is 12.1 Å². The van der Waals surface area contributed by atoms with Crippen molar-refractivity contribution in [3.8, 4) is 0 Å². The third-order valence-corrected chi connectivity index (χ3v) is 3.35. The minimum atomic E-state index is 0. The Bertz CT molecular complexity index is 763. The van der Waals surface area contributed by atoms with E-state index in [9.17, 15) is 4.79 Å². The predicted octanol–water partition coefficient (Wildman–Crippen LogP) is -0.199. The van der Waals surface area contributed by atoms with Crippen LogP contribution >= 0.6 is 0 Å². The maximum absolute atomic E-state index is 12.4. The van der Waals surface area contributed by atoms with Crippen LogP contribution in [0, 0.1) is 6.92 Å². The van der Waals surface area contributed by atoms with Gasteiger partial charge < -0.3 is 28.4 Å². The summed E-state index contributed by atoms with van der Waals surface area (Å²) in [5, 5.41) is 0. The molecule has 0 aliphatic heterocycles. The van der Waals surface area contributed by atoms with Crippen LogP contribution in [-0.4, -0.2) is 5.78 Å². The Hall–Kier alpha value is -1.69. The van der Waals surface area contributed by atoms with Gasteiger partial charge in [-0.1, -0.05) is 30.3 Å². The van der Waals surface area contributed by atoms with Crippen molar-refractivity contribution in [2.45, 2.75) is 6.92 Å². The molecule has 0 fully saturated rings. The molecule has 102 valence electrons. The van der Waals surface area contributed by atoms with Crippen molar-refractivity contribution in [1.29, 1.82) is 0 Å². The standard InChI is InChI=1S/C16H14NO2.HI/c1-11-17(2)14-10-13(8-9-15(14)19-11)16(18)12-6-4-3-5-7-12;/h3-10H,1-2H3;1H/q+1;/p-1. The molecule has 0 aliphatic rings. The Labute approximate surface area is 134 Å². The van der Waals surface area contributed by atoms with Crippen molar-refractivity contribution in [3.05, 3.63) is 65.5 Å². The number of nitrogens with zero attached hydrogens (tertiary/aromatic N) is 1. The van der Waals surface area contributed by atoms with Crippen LogP contribution in [0.5, 0.6) is 0 Å². The van der Waals surface area contributed by atoms with E-state index in [1.165, 1.54) is 0 Å². The zero-order chi connectivity index (χ0) is 13.4. The van der Waals surface area contributed by atoms with Crippen molar-refractivity contribution in [3.63, 3.8) is 0 Å². The van der Waals surface area contributed by atoms with Crippen molar-refractivity contribution in [1.82, 2.24) is 0 Å². The summed E-state index contributed by atoms with van der Waals surface area (Å²) in [6.07, 6.45) is 0. The number of aromatic nitrogens is 1. The number of hydrogen-bond acceptors (Lipinski definition) is 2. The van der Waals surface area contributed by atoms with Gasteiger partial charge in [0.15, 0.2) is 5.78 Å². The van der Waals surface area contributed by atoms with Gasteiger partial charge >= 0.3 is 5.89 Å². The molecule has 3 aromatic rings. The van der Waals surface area contributed by atoms with Gasteiger partial charge in [-0.15, -0.1) is 0 Å². The lowest BCUT2D eigenvalue weighted by Gasteiger charge is -1.99. The van der Waals surface area contributed by atoms with Gasteiger partial charge in [-0.3, -0.25) is 4.79 Å². The number of aryl methyl sites for hydroxylation is 2. The fourth-order valence-electron chi connectivity index (χ4n) is 2.16. The molecule has 0 amide bonds. The minimum Gasteiger partial charge on any atom is -1.00 e. The summed E-state index contributed by atoms with van der Waals surface area (Å²) >= 11 is 0. The van der Waals surface area contributed by atoms with Crippen LogP contribution < -0.4 is 28.5 Å². The number of benzene rings is 2. The molecule has 0 radical (unpaired) electrons. The Kier molecular flexibility index (Phi) is 4.23. The lowest BCUT2D eigenvalue weighted by molar-refractivity contribution is -0.657. The summed E-state index contributed by atoms with van der Waals surface area (Å²) in [5.41, 5.74) is 3.10. The molecule has 0 spiro atoms. The van der Waals surface area contributed by atoms with E-state index in [0.29, 0.717) is 11.1 Å². The summed E-state index contributed by atoms with van der Waals surface area (Å²) in [4.78, 5) is 12.4. The van der Waals surface area contributed by atoms with E-state index >= 15 is 0 Å². The summed E-state index contributed by atoms with van der Waals surface area (Å²) in [5.74, 6) is 0.848. The highest BCUT2D eigenvalue weighted by molar-refractivity contribution is 6.10. The molecule has 0 N–H and O–H groups in total. The van der Waals surface area contributed by atoms with E-state index < -0.39 is 0 Å². The second-order valence-electron chi connectivity index (χ2n) is 4.56. The summed E-state index contributed by atoms with van der Waals surface area (Å²) < 4.78 is 7.53. The van der Waals surface area contributed by atoms with Crippen molar-refractivity contribution in [2.75, 3.05) is 0 Å². The van der Waals surface area contributed by atoms with E-state index in [4.69, 9.17) is 4.42 Å². The number of carbonyl (C=O) groups is 1. The molecule has 1 aromatic heterocycles. The monoisotopic (exact) mass is 379 g/mol. The summed E-state index contributed by atoms with van der Waals surface area (Å²) in [6, 6.07) is 14.8. The van der Waals surface area contributed by atoms with E-state index in [1.54, 1.807) is 6.07 Å². The number of carbonyl (C=O) groups excluding carboxylic acids is 1. The highest BCUT2D eigenvalue weighted by Gasteiger charge is 2.17. The summed E-state index contributed by atoms with van der Waals surface area (Å²) in [7, 11) is 1.93. The maximum atomic E-state index is 12.4. The molecule has 0 bridgehead atoms. The van der Waals surface area contributed by atoms with Crippen LogP contribution in [0.2, 0.25) is 0 Å². The van der Waals surface area contributed by atoms with E-state index in [-0.39, 0.29) is 29.8 Å². The molecule has 4 heteroatoms. The molecule has 0 aliphatic carbocycles. The van der Waals surface area contributed by atoms with Crippen molar-refractivity contribution in [2.24, 2.45) is 7.05 Å². The van der Waals surface area contributed by atoms with Gasteiger partial charge in [0, 0.05) is 17.2 Å². The van der Waals surface area contributed by atoms with Gasteiger partial charge in [0.05, 0.1) is 6.92 Å². The van der Waals surface area contributed by atoms with Gasteiger partial charge in [-0.2, -0.15) is 4.57 Å². The average molecular weight is 379 g/mol. The zero-order valence-electron chi connectivity index (χ0n) is 11.3. The van der Waals surface area contributed by atoms with Crippen LogP contribution in [0.1, 0.15) is 21.8 Å². The first-order valence-corrected chi connectivity index (χ1v) is 6.16. The van der Waals surface area contributed by atoms with Gasteiger partial charge in [0.1, 0.15) is 7.05 Å². The fourth-order valence-corrected chi connectivity index (χ4v) is 2.16. The maximum Gasteiger partial charge on any atom is 0.344 e. The van der Waals surface area contributed by atoms with Crippen LogP contribution in [0.4, 0.5) is 0 Å². The lowest BCUT2D eigenvalue weighted by Crippen LogP contribution is -3.00. The first-order valence-electron chi connectivity index (χ1n) is 6.16. The van der Waals surface area contributed by atoms with Gasteiger partial charge in [0.25, 0.3) is 5.52 Å². The molecule has 2 aromatic carbocycles. The third-order valence-electron chi connectivity index (χ3n) is 3.35.